The Kier molecular flexibility index (Phi) is 9.34. The topological polar surface area (TPSA) is 56.8 Å². The predicted molar refractivity (Wildman–Crippen MR) is 154 cm³/mol. The maximum absolute atomic E-state index is 14.7. The van der Waals surface area contributed by atoms with Crippen LogP contribution in [0.4, 0.5) is 10.1 Å². The van der Waals surface area contributed by atoms with E-state index in [1.54, 1.807) is 6.07 Å². The Balaban J connectivity index is 1.50. The summed E-state index contributed by atoms with van der Waals surface area (Å²) in [5, 5.41) is 3.41. The van der Waals surface area contributed by atoms with E-state index in [9.17, 15) is 9.18 Å². The van der Waals surface area contributed by atoms with Crippen molar-refractivity contribution in [1.29, 1.82) is 0 Å². The SMILES string of the molecule is CCSCCCOc1cc(C)c(-c2cccc(C3COc4cc(/C=C/C(=O)OC)c(F)cc4N3)c2)c(C)c1. The van der Waals surface area contributed by atoms with Crippen molar-refractivity contribution in [3.63, 3.8) is 0 Å². The second-order valence-electron chi connectivity index (χ2n) is 9.19. The van der Waals surface area contributed by atoms with Gasteiger partial charge in [0, 0.05) is 17.7 Å². The zero-order valence-electron chi connectivity index (χ0n) is 22.3. The number of nitrogens with one attached hydrogen (secondary N) is 1. The third-order valence-electron chi connectivity index (χ3n) is 6.42. The Morgan fingerprint density at radius 2 is 1.97 bits per heavy atom. The molecule has 4 rings (SSSR count). The van der Waals surface area contributed by atoms with Crippen LogP contribution in [0, 0.1) is 19.7 Å². The molecular formula is C31H34FNO4S. The van der Waals surface area contributed by atoms with Gasteiger partial charge >= 0.3 is 5.97 Å². The molecular weight excluding hydrogens is 501 g/mol. The molecule has 3 aromatic rings. The molecule has 0 spiro atoms. The van der Waals surface area contributed by atoms with Gasteiger partial charge in [-0.1, -0.05) is 25.1 Å². The monoisotopic (exact) mass is 535 g/mol. The van der Waals surface area contributed by atoms with Crippen LogP contribution >= 0.6 is 11.8 Å². The molecule has 1 unspecified atom stereocenters. The summed E-state index contributed by atoms with van der Waals surface area (Å²) in [6.07, 6.45) is 3.60. The maximum atomic E-state index is 14.7. The lowest BCUT2D eigenvalue weighted by molar-refractivity contribution is -0.134. The number of carbonyl (C=O) groups is 1. The Morgan fingerprint density at radius 3 is 2.71 bits per heavy atom. The predicted octanol–water partition coefficient (Wildman–Crippen LogP) is 7.36. The fourth-order valence-corrected chi connectivity index (χ4v) is 5.22. The molecule has 7 heteroatoms. The number of thioether (sulfide) groups is 1. The van der Waals surface area contributed by atoms with Crippen LogP contribution in [0.1, 0.15) is 41.6 Å². The van der Waals surface area contributed by atoms with Gasteiger partial charge in [0.1, 0.15) is 23.9 Å². The van der Waals surface area contributed by atoms with Gasteiger partial charge in [0.15, 0.2) is 0 Å². The van der Waals surface area contributed by atoms with Crippen molar-refractivity contribution < 1.29 is 23.4 Å². The van der Waals surface area contributed by atoms with Crippen LogP contribution in [0.3, 0.4) is 0 Å². The Morgan fingerprint density at radius 1 is 1.18 bits per heavy atom. The van der Waals surface area contributed by atoms with Crippen LogP contribution in [-0.4, -0.2) is 37.8 Å². The van der Waals surface area contributed by atoms with Crippen molar-refractivity contribution in [3.8, 4) is 22.6 Å². The molecule has 0 fully saturated rings. The fourth-order valence-electron chi connectivity index (χ4n) is 4.61. The van der Waals surface area contributed by atoms with E-state index in [2.05, 4.69) is 61.2 Å². The highest BCUT2D eigenvalue weighted by atomic mass is 32.2. The van der Waals surface area contributed by atoms with Crippen molar-refractivity contribution in [2.45, 2.75) is 33.2 Å². The number of esters is 1. The number of rotatable bonds is 10. The molecule has 200 valence electrons. The lowest BCUT2D eigenvalue weighted by Crippen LogP contribution is -2.24. The summed E-state index contributed by atoms with van der Waals surface area (Å²) in [6.45, 7) is 7.51. The van der Waals surface area contributed by atoms with Gasteiger partial charge in [-0.05, 0) is 89.9 Å². The fraction of sp³-hybridized carbons (Fsp3) is 0.323. The largest absolute Gasteiger partial charge is 0.494 e. The van der Waals surface area contributed by atoms with Crippen LogP contribution in [0.5, 0.6) is 11.5 Å². The van der Waals surface area contributed by atoms with Crippen molar-refractivity contribution in [2.24, 2.45) is 0 Å². The van der Waals surface area contributed by atoms with E-state index < -0.39 is 11.8 Å². The molecule has 0 radical (unpaired) electrons. The molecule has 3 aromatic carbocycles. The molecule has 0 aromatic heterocycles. The molecule has 1 atom stereocenters. The van der Waals surface area contributed by atoms with Gasteiger partial charge in [-0.15, -0.1) is 0 Å². The second kappa shape index (κ2) is 12.9. The van der Waals surface area contributed by atoms with E-state index in [-0.39, 0.29) is 11.6 Å². The number of halogens is 1. The van der Waals surface area contributed by atoms with Gasteiger partial charge in [-0.3, -0.25) is 0 Å². The van der Waals surface area contributed by atoms with E-state index >= 15 is 0 Å². The quantitative estimate of drug-likeness (QED) is 0.166. The molecule has 0 bridgehead atoms. The number of carbonyl (C=O) groups excluding carboxylic acids is 1. The minimum absolute atomic E-state index is 0.137. The summed E-state index contributed by atoms with van der Waals surface area (Å²) < 4.78 is 31.3. The second-order valence-corrected chi connectivity index (χ2v) is 10.6. The molecule has 1 N–H and O–H groups in total. The lowest BCUT2D eigenvalue weighted by Gasteiger charge is -2.28. The average Bonchev–Trinajstić information content (AvgIpc) is 2.91. The first-order chi connectivity index (χ1) is 18.4. The molecule has 1 aliphatic heterocycles. The Bertz CT molecular complexity index is 1300. The number of fused-ring (bicyclic) bond motifs is 1. The normalized spacial score (nSPS) is 14.5. The summed E-state index contributed by atoms with van der Waals surface area (Å²) in [7, 11) is 1.28. The minimum atomic E-state index is -0.546. The zero-order chi connectivity index (χ0) is 27.1. The van der Waals surface area contributed by atoms with Crippen LogP contribution in [0.15, 0.2) is 54.6 Å². The number of ether oxygens (including phenoxy) is 3. The summed E-state index contributed by atoms with van der Waals surface area (Å²) in [4.78, 5) is 11.4. The molecule has 5 nitrogen and oxygen atoms in total. The van der Waals surface area contributed by atoms with Crippen LogP contribution in [0.2, 0.25) is 0 Å². The highest BCUT2D eigenvalue weighted by molar-refractivity contribution is 7.99. The first-order valence-corrected chi connectivity index (χ1v) is 14.0. The molecule has 1 aliphatic rings. The number of hydrogen-bond acceptors (Lipinski definition) is 6. The van der Waals surface area contributed by atoms with Crippen LogP contribution < -0.4 is 14.8 Å². The van der Waals surface area contributed by atoms with E-state index in [1.165, 1.54) is 30.9 Å². The number of methoxy groups -OCH3 is 1. The van der Waals surface area contributed by atoms with Crippen LogP contribution in [-0.2, 0) is 9.53 Å². The first kappa shape index (κ1) is 27.6. The van der Waals surface area contributed by atoms with Crippen molar-refractivity contribution in [1.82, 2.24) is 0 Å². The van der Waals surface area contributed by atoms with E-state index in [4.69, 9.17) is 9.47 Å². The third kappa shape index (κ3) is 6.70. The van der Waals surface area contributed by atoms with Gasteiger partial charge in [0.2, 0.25) is 0 Å². The summed E-state index contributed by atoms with van der Waals surface area (Å²) in [6, 6.07) is 15.4. The number of hydrogen-bond donors (Lipinski definition) is 1. The Labute approximate surface area is 228 Å². The number of anilines is 1. The Hall–Kier alpha value is -3.45. The summed E-state index contributed by atoms with van der Waals surface area (Å²) in [5.41, 5.74) is 6.51. The molecule has 38 heavy (non-hydrogen) atoms. The molecule has 0 saturated carbocycles. The smallest absolute Gasteiger partial charge is 0.330 e. The molecule has 1 heterocycles. The average molecular weight is 536 g/mol. The van der Waals surface area contributed by atoms with Gasteiger partial charge < -0.3 is 19.5 Å². The minimum Gasteiger partial charge on any atom is -0.494 e. The van der Waals surface area contributed by atoms with Crippen LogP contribution in [0.25, 0.3) is 17.2 Å². The third-order valence-corrected chi connectivity index (χ3v) is 7.41. The van der Waals surface area contributed by atoms with Gasteiger partial charge in [0.05, 0.1) is 25.4 Å². The summed E-state index contributed by atoms with van der Waals surface area (Å²) in [5.74, 6) is 2.70. The first-order valence-electron chi connectivity index (χ1n) is 12.8. The van der Waals surface area contributed by atoms with Crippen molar-refractivity contribution >= 4 is 29.5 Å². The summed E-state index contributed by atoms with van der Waals surface area (Å²) >= 11 is 1.93. The van der Waals surface area contributed by atoms with Gasteiger partial charge in [-0.2, -0.15) is 11.8 Å². The van der Waals surface area contributed by atoms with Crippen molar-refractivity contribution in [2.75, 3.05) is 37.1 Å². The van der Waals surface area contributed by atoms with E-state index in [1.807, 2.05) is 17.8 Å². The van der Waals surface area contributed by atoms with E-state index in [0.29, 0.717) is 18.0 Å². The van der Waals surface area contributed by atoms with Gasteiger partial charge in [0.25, 0.3) is 0 Å². The van der Waals surface area contributed by atoms with Gasteiger partial charge in [-0.25, -0.2) is 9.18 Å². The molecule has 0 aliphatic carbocycles. The maximum Gasteiger partial charge on any atom is 0.330 e. The van der Waals surface area contributed by atoms with E-state index in [0.717, 1.165) is 52.5 Å². The molecule has 0 amide bonds. The zero-order valence-corrected chi connectivity index (χ0v) is 23.1. The lowest BCUT2D eigenvalue weighted by atomic mass is 9.93. The van der Waals surface area contributed by atoms with Crippen molar-refractivity contribution in [3.05, 3.63) is 82.7 Å². The molecule has 0 saturated heterocycles. The highest BCUT2D eigenvalue weighted by Crippen LogP contribution is 2.38. The highest BCUT2D eigenvalue weighted by Gasteiger charge is 2.23. The standard InChI is InChI=1S/C31H34FNO4S/c1-5-38-13-7-12-36-25-14-20(2)31(21(3)15-25)24-9-6-8-23(16-24)28-19-37-29-17-22(10-11-30(34)35-4)26(32)18-27(29)33-28/h6,8-11,14-18,28,33H,5,7,12-13,19H2,1-4H3/b11-10+. The number of benzene rings is 3. The number of aryl methyl sites for hydroxylation is 2.